The molecule has 0 aliphatic carbocycles. The minimum absolute atomic E-state index is 0. The number of hydrogen-bond acceptors (Lipinski definition) is 6. The van der Waals surface area contributed by atoms with E-state index in [2.05, 4.69) is 23.3 Å². The molecule has 29 heavy (non-hydrogen) atoms. The van der Waals surface area contributed by atoms with Gasteiger partial charge >= 0.3 is 0 Å². The number of ether oxygens (including phenoxy) is 1. The van der Waals surface area contributed by atoms with Crippen LogP contribution in [0.1, 0.15) is 10.4 Å². The number of morpholine rings is 1. The summed E-state index contributed by atoms with van der Waals surface area (Å²) in [6.07, 6.45) is 2.07. The summed E-state index contributed by atoms with van der Waals surface area (Å²) in [6, 6.07) is 15.7. The number of amides is 1. The van der Waals surface area contributed by atoms with Crippen molar-refractivity contribution in [1.29, 1.82) is 0 Å². The third-order valence-electron chi connectivity index (χ3n) is 4.82. The Morgan fingerprint density at radius 2 is 1.97 bits per heavy atom. The number of aromatic nitrogens is 1. The first kappa shape index (κ1) is 22.1. The van der Waals surface area contributed by atoms with E-state index in [1.807, 2.05) is 41.3 Å². The van der Waals surface area contributed by atoms with Gasteiger partial charge in [-0.05, 0) is 36.6 Å². The highest BCUT2D eigenvalue weighted by Crippen LogP contribution is 2.32. The maximum absolute atomic E-state index is 13.3. The maximum Gasteiger partial charge on any atom is 0.260 e. The second-order valence-corrected chi connectivity index (χ2v) is 8.50. The molecule has 0 radical (unpaired) electrons. The van der Waals surface area contributed by atoms with Crippen molar-refractivity contribution in [2.45, 2.75) is 4.90 Å². The van der Waals surface area contributed by atoms with Crippen molar-refractivity contribution in [2.24, 2.45) is 0 Å². The van der Waals surface area contributed by atoms with Crippen molar-refractivity contribution >= 4 is 56.8 Å². The van der Waals surface area contributed by atoms with Gasteiger partial charge in [-0.2, -0.15) is 0 Å². The zero-order valence-corrected chi connectivity index (χ0v) is 18.7. The average molecular weight is 450 g/mol. The molecule has 4 rings (SSSR count). The summed E-state index contributed by atoms with van der Waals surface area (Å²) in [4.78, 5) is 23.4. The third kappa shape index (κ3) is 5.29. The second-order valence-electron chi connectivity index (χ2n) is 6.61. The lowest BCUT2D eigenvalue weighted by Gasteiger charge is -2.29. The molecule has 1 aromatic heterocycles. The number of fused-ring (bicyclic) bond motifs is 1. The summed E-state index contributed by atoms with van der Waals surface area (Å²) >= 11 is 3.30. The molecule has 8 heteroatoms. The van der Waals surface area contributed by atoms with Crippen LogP contribution in [0.25, 0.3) is 10.2 Å². The van der Waals surface area contributed by atoms with E-state index in [9.17, 15) is 4.79 Å². The molecule has 2 heterocycles. The first-order chi connectivity index (χ1) is 13.7. The van der Waals surface area contributed by atoms with Crippen molar-refractivity contribution in [1.82, 2.24) is 9.88 Å². The molecule has 0 atom stereocenters. The smallest absolute Gasteiger partial charge is 0.260 e. The second kappa shape index (κ2) is 10.4. The molecule has 1 aliphatic rings. The van der Waals surface area contributed by atoms with E-state index in [1.54, 1.807) is 23.1 Å². The van der Waals surface area contributed by atoms with Gasteiger partial charge in [-0.1, -0.05) is 29.5 Å². The van der Waals surface area contributed by atoms with Crippen LogP contribution in [0.4, 0.5) is 5.13 Å². The lowest BCUT2D eigenvalue weighted by atomic mass is 10.2. The quantitative estimate of drug-likeness (QED) is 0.521. The van der Waals surface area contributed by atoms with Crippen molar-refractivity contribution in [2.75, 3.05) is 50.5 Å². The Kier molecular flexibility index (Phi) is 7.91. The molecule has 5 nitrogen and oxygen atoms in total. The van der Waals surface area contributed by atoms with Crippen LogP contribution in [-0.4, -0.2) is 61.4 Å². The Morgan fingerprint density at radius 1 is 1.21 bits per heavy atom. The number of rotatable bonds is 6. The fourth-order valence-corrected chi connectivity index (χ4v) is 4.77. The number of nitrogens with zero attached hydrogens (tertiary/aromatic N) is 3. The molecule has 1 fully saturated rings. The summed E-state index contributed by atoms with van der Waals surface area (Å²) in [6.45, 7) is 4.75. The van der Waals surface area contributed by atoms with E-state index in [-0.39, 0.29) is 18.3 Å². The van der Waals surface area contributed by atoms with E-state index < -0.39 is 0 Å². The topological polar surface area (TPSA) is 45.7 Å². The predicted octanol–water partition coefficient (Wildman–Crippen LogP) is 4.42. The number of carbonyl (C=O) groups excluding carboxylic acids is 1. The highest BCUT2D eigenvalue weighted by Gasteiger charge is 2.22. The number of carbonyl (C=O) groups is 1. The van der Waals surface area contributed by atoms with Crippen molar-refractivity contribution in [3.63, 3.8) is 0 Å². The normalized spacial score (nSPS) is 14.5. The van der Waals surface area contributed by atoms with Gasteiger partial charge < -0.3 is 4.74 Å². The van der Waals surface area contributed by atoms with E-state index >= 15 is 0 Å². The molecule has 1 saturated heterocycles. The highest BCUT2D eigenvalue weighted by atomic mass is 35.5. The van der Waals surface area contributed by atoms with Crippen LogP contribution in [0.15, 0.2) is 53.4 Å². The molecule has 3 aromatic rings. The van der Waals surface area contributed by atoms with Crippen LogP contribution >= 0.6 is 35.5 Å². The lowest BCUT2D eigenvalue weighted by Crippen LogP contribution is -2.43. The SMILES string of the molecule is CSc1ccc2nc(N(CCN3CCOCC3)C(=O)c3ccccc3)sc2c1.Cl. The summed E-state index contributed by atoms with van der Waals surface area (Å²) in [5, 5.41) is 0.760. The zero-order chi connectivity index (χ0) is 19.3. The van der Waals surface area contributed by atoms with Crippen molar-refractivity contribution in [3.05, 3.63) is 54.1 Å². The Bertz CT molecular complexity index is 946. The van der Waals surface area contributed by atoms with Gasteiger partial charge in [0.2, 0.25) is 0 Å². The van der Waals surface area contributed by atoms with Gasteiger partial charge in [0.1, 0.15) is 0 Å². The standard InChI is InChI=1S/C21H23N3O2S2.ClH/c1-27-17-7-8-18-19(15-17)28-21(22-18)24(10-9-23-11-13-26-14-12-23)20(25)16-5-3-2-4-6-16;/h2-8,15H,9-14H2,1H3;1H. The first-order valence-electron chi connectivity index (χ1n) is 9.36. The van der Waals surface area contributed by atoms with Crippen LogP contribution in [-0.2, 0) is 4.74 Å². The highest BCUT2D eigenvalue weighted by molar-refractivity contribution is 7.98. The van der Waals surface area contributed by atoms with Gasteiger partial charge in [0, 0.05) is 36.6 Å². The first-order valence-corrected chi connectivity index (χ1v) is 11.4. The van der Waals surface area contributed by atoms with E-state index in [4.69, 9.17) is 9.72 Å². The van der Waals surface area contributed by atoms with Crippen LogP contribution in [0.2, 0.25) is 0 Å². The maximum atomic E-state index is 13.3. The van der Waals surface area contributed by atoms with Crippen molar-refractivity contribution in [3.8, 4) is 0 Å². The Labute approximate surface area is 185 Å². The molecule has 0 saturated carbocycles. The largest absolute Gasteiger partial charge is 0.379 e. The summed E-state index contributed by atoms with van der Waals surface area (Å²) in [7, 11) is 0. The number of thioether (sulfide) groups is 1. The number of benzene rings is 2. The monoisotopic (exact) mass is 449 g/mol. The molecule has 0 N–H and O–H groups in total. The van der Waals surface area contributed by atoms with Gasteiger partial charge in [-0.3, -0.25) is 14.6 Å². The Balaban J connectivity index is 0.00000240. The molecule has 1 amide bonds. The average Bonchev–Trinajstić information content (AvgIpc) is 3.18. The number of halogens is 1. The van der Waals surface area contributed by atoms with Gasteiger partial charge in [0.15, 0.2) is 5.13 Å². The number of thiazole rings is 1. The van der Waals surface area contributed by atoms with Crippen molar-refractivity contribution < 1.29 is 9.53 Å². The minimum atomic E-state index is -0.00185. The molecule has 0 bridgehead atoms. The molecular formula is C21H24ClN3O2S2. The summed E-state index contributed by atoms with van der Waals surface area (Å²) < 4.78 is 6.55. The van der Waals surface area contributed by atoms with Gasteiger partial charge in [-0.25, -0.2) is 4.98 Å². The fourth-order valence-electron chi connectivity index (χ4n) is 3.22. The minimum Gasteiger partial charge on any atom is -0.379 e. The van der Waals surface area contributed by atoms with E-state index in [0.29, 0.717) is 12.1 Å². The van der Waals surface area contributed by atoms with Crippen LogP contribution in [0.3, 0.4) is 0 Å². The van der Waals surface area contributed by atoms with Crippen LogP contribution < -0.4 is 4.90 Å². The van der Waals surface area contributed by atoms with Crippen LogP contribution in [0, 0.1) is 0 Å². The van der Waals surface area contributed by atoms with Gasteiger partial charge in [0.25, 0.3) is 5.91 Å². The fraction of sp³-hybridized carbons (Fsp3) is 0.333. The molecule has 154 valence electrons. The molecule has 1 aliphatic heterocycles. The number of hydrogen-bond donors (Lipinski definition) is 0. The molecule has 0 spiro atoms. The number of anilines is 1. The third-order valence-corrected chi connectivity index (χ3v) is 6.59. The Morgan fingerprint density at radius 3 is 2.69 bits per heavy atom. The zero-order valence-electron chi connectivity index (χ0n) is 16.2. The predicted molar refractivity (Wildman–Crippen MR) is 124 cm³/mol. The Hall–Kier alpha value is -1.64. The molecule has 0 unspecified atom stereocenters. The van der Waals surface area contributed by atoms with Gasteiger partial charge in [0.05, 0.1) is 23.4 Å². The van der Waals surface area contributed by atoms with E-state index in [1.165, 1.54) is 4.90 Å². The van der Waals surface area contributed by atoms with Gasteiger partial charge in [-0.15, -0.1) is 24.2 Å². The summed E-state index contributed by atoms with van der Waals surface area (Å²) in [5.74, 6) is -0.00185. The lowest BCUT2D eigenvalue weighted by molar-refractivity contribution is 0.0391. The van der Waals surface area contributed by atoms with Crippen LogP contribution in [0.5, 0.6) is 0 Å². The molecule has 2 aromatic carbocycles. The van der Waals surface area contributed by atoms with E-state index in [0.717, 1.165) is 48.2 Å². The summed E-state index contributed by atoms with van der Waals surface area (Å²) in [5.41, 5.74) is 1.63. The molecular weight excluding hydrogens is 426 g/mol.